The van der Waals surface area contributed by atoms with Crippen molar-refractivity contribution in [2.24, 2.45) is 5.73 Å². The van der Waals surface area contributed by atoms with Gasteiger partial charge in [0.2, 0.25) is 0 Å². The van der Waals surface area contributed by atoms with Gasteiger partial charge in [0, 0.05) is 25.5 Å². The SMILES string of the molecule is C=CC(=O)OCCCCCCCCCCCC(=O)OC(COC(=O)CCCCCCCCCCCCCCC)COP(=O)(O)OCCN. The van der Waals surface area contributed by atoms with Gasteiger partial charge in [-0.25, -0.2) is 9.36 Å². The topological polar surface area (TPSA) is 161 Å². The van der Waals surface area contributed by atoms with Crippen molar-refractivity contribution in [3.05, 3.63) is 12.7 Å². The third-order valence-corrected chi connectivity index (χ3v) is 8.93. The van der Waals surface area contributed by atoms with Crippen LogP contribution in [-0.2, 0) is 42.2 Å². The molecule has 0 saturated carbocycles. The van der Waals surface area contributed by atoms with Crippen molar-refractivity contribution in [1.29, 1.82) is 0 Å². The Hall–Kier alpha value is -1.78. The van der Waals surface area contributed by atoms with Crippen molar-refractivity contribution >= 4 is 25.7 Å². The van der Waals surface area contributed by atoms with E-state index in [1.807, 2.05) is 0 Å². The van der Waals surface area contributed by atoms with Gasteiger partial charge in [0.05, 0.1) is 19.8 Å². The van der Waals surface area contributed by atoms with Crippen LogP contribution in [0, 0.1) is 0 Å². The molecular weight excluding hydrogens is 637 g/mol. The van der Waals surface area contributed by atoms with Crippen LogP contribution in [0.15, 0.2) is 12.7 Å². The molecule has 0 aromatic carbocycles. The molecule has 0 amide bonds. The first-order chi connectivity index (χ1) is 23.2. The first-order valence-electron chi connectivity index (χ1n) is 18.7. The second kappa shape index (κ2) is 33.7. The van der Waals surface area contributed by atoms with Crippen LogP contribution in [0.4, 0.5) is 0 Å². The first kappa shape index (κ1) is 46.2. The number of ether oxygens (including phenoxy) is 3. The largest absolute Gasteiger partial charge is 0.472 e. The minimum absolute atomic E-state index is 0.0398. The molecule has 0 fully saturated rings. The molecule has 0 aliphatic rings. The number of rotatable bonds is 36. The fourth-order valence-corrected chi connectivity index (χ4v) is 5.89. The molecule has 0 radical (unpaired) electrons. The summed E-state index contributed by atoms with van der Waals surface area (Å²) in [6.07, 6.45) is 25.1. The molecule has 0 aliphatic heterocycles. The van der Waals surface area contributed by atoms with E-state index >= 15 is 0 Å². The zero-order valence-corrected chi connectivity index (χ0v) is 30.9. The predicted octanol–water partition coefficient (Wildman–Crippen LogP) is 8.65. The summed E-state index contributed by atoms with van der Waals surface area (Å²) in [4.78, 5) is 45.6. The normalized spacial score (nSPS) is 13.1. The third-order valence-electron chi connectivity index (χ3n) is 7.94. The minimum Gasteiger partial charge on any atom is -0.463 e. The van der Waals surface area contributed by atoms with Gasteiger partial charge in [-0.15, -0.1) is 0 Å². The van der Waals surface area contributed by atoms with Gasteiger partial charge in [0.1, 0.15) is 6.61 Å². The maximum Gasteiger partial charge on any atom is 0.472 e. The maximum atomic E-state index is 12.5. The van der Waals surface area contributed by atoms with Crippen molar-refractivity contribution in [2.75, 3.05) is 33.0 Å². The molecule has 2 atom stereocenters. The molecule has 0 heterocycles. The molecule has 0 bridgehead atoms. The lowest BCUT2D eigenvalue weighted by Gasteiger charge is -2.19. The van der Waals surface area contributed by atoms with Gasteiger partial charge in [0.25, 0.3) is 0 Å². The highest BCUT2D eigenvalue weighted by atomic mass is 31.2. The Morgan fingerprint density at radius 1 is 0.646 bits per heavy atom. The fraction of sp³-hybridized carbons (Fsp3) is 0.861. The molecule has 12 heteroatoms. The van der Waals surface area contributed by atoms with E-state index in [2.05, 4.69) is 13.5 Å². The van der Waals surface area contributed by atoms with Crippen LogP contribution in [-0.4, -0.2) is 61.9 Å². The van der Waals surface area contributed by atoms with Crippen molar-refractivity contribution in [2.45, 2.75) is 167 Å². The first-order valence-corrected chi connectivity index (χ1v) is 20.2. The van der Waals surface area contributed by atoms with Crippen molar-refractivity contribution < 1.29 is 47.1 Å². The van der Waals surface area contributed by atoms with E-state index in [4.69, 9.17) is 29.0 Å². The Labute approximate surface area is 291 Å². The highest BCUT2D eigenvalue weighted by Crippen LogP contribution is 2.43. The summed E-state index contributed by atoms with van der Waals surface area (Å²) in [5, 5.41) is 0. The third kappa shape index (κ3) is 32.8. The quantitative estimate of drug-likeness (QED) is 0.0211. The van der Waals surface area contributed by atoms with E-state index in [-0.39, 0.29) is 38.6 Å². The summed E-state index contributed by atoms with van der Waals surface area (Å²) in [5.74, 6) is -1.27. The molecule has 11 nitrogen and oxygen atoms in total. The standard InChI is InChI=1S/C36H68NO10P/c1-3-5-6-7-8-9-10-11-12-14-17-20-23-26-35(39)44-31-33(32-46-48(41,42)45-30-28-37)47-36(40)27-24-21-18-15-13-16-19-22-25-29-43-34(38)4-2/h4,33H,2-3,5-32,37H2,1H3,(H,41,42). The maximum absolute atomic E-state index is 12.5. The van der Waals surface area contributed by atoms with Gasteiger partial charge in [-0.2, -0.15) is 0 Å². The van der Waals surface area contributed by atoms with Crippen LogP contribution in [0.3, 0.4) is 0 Å². The molecule has 48 heavy (non-hydrogen) atoms. The lowest BCUT2D eigenvalue weighted by atomic mass is 10.0. The Balaban J connectivity index is 4.19. The van der Waals surface area contributed by atoms with E-state index in [9.17, 15) is 23.8 Å². The zero-order chi connectivity index (χ0) is 35.6. The van der Waals surface area contributed by atoms with Gasteiger partial charge in [-0.05, 0) is 19.3 Å². The number of phosphoric ester groups is 1. The van der Waals surface area contributed by atoms with Gasteiger partial charge in [0.15, 0.2) is 6.10 Å². The van der Waals surface area contributed by atoms with Crippen LogP contribution in [0.25, 0.3) is 0 Å². The molecule has 0 aliphatic carbocycles. The Morgan fingerprint density at radius 3 is 1.58 bits per heavy atom. The molecule has 3 N–H and O–H groups in total. The smallest absolute Gasteiger partial charge is 0.463 e. The molecule has 0 aromatic rings. The van der Waals surface area contributed by atoms with Gasteiger partial charge >= 0.3 is 25.7 Å². The predicted molar refractivity (Wildman–Crippen MR) is 189 cm³/mol. The Bertz CT molecular complexity index is 857. The monoisotopic (exact) mass is 705 g/mol. The van der Waals surface area contributed by atoms with E-state index < -0.39 is 32.5 Å². The number of unbranched alkanes of at least 4 members (excludes halogenated alkanes) is 20. The number of carbonyl (C=O) groups excluding carboxylic acids is 3. The molecule has 282 valence electrons. The van der Waals surface area contributed by atoms with E-state index in [0.29, 0.717) is 13.0 Å². The van der Waals surface area contributed by atoms with Crippen LogP contribution in [0.1, 0.15) is 161 Å². The van der Waals surface area contributed by atoms with Crippen molar-refractivity contribution in [3.8, 4) is 0 Å². The zero-order valence-electron chi connectivity index (χ0n) is 30.0. The number of phosphoric acid groups is 1. The molecule has 2 unspecified atom stereocenters. The number of nitrogens with two attached hydrogens (primary N) is 1. The van der Waals surface area contributed by atoms with Crippen LogP contribution >= 0.6 is 7.82 Å². The summed E-state index contributed by atoms with van der Waals surface area (Å²) < 4.78 is 37.5. The minimum atomic E-state index is -4.39. The lowest BCUT2D eigenvalue weighted by molar-refractivity contribution is -0.161. The molecule has 0 rings (SSSR count). The highest BCUT2D eigenvalue weighted by Gasteiger charge is 2.26. The van der Waals surface area contributed by atoms with E-state index in [1.165, 1.54) is 70.3 Å². The number of carbonyl (C=O) groups is 3. The molecule has 0 saturated heterocycles. The van der Waals surface area contributed by atoms with Crippen molar-refractivity contribution in [1.82, 2.24) is 0 Å². The fourth-order valence-electron chi connectivity index (χ4n) is 5.13. The summed E-state index contributed by atoms with van der Waals surface area (Å²) in [6, 6.07) is 0. The Kier molecular flexibility index (Phi) is 32.5. The van der Waals surface area contributed by atoms with Gasteiger partial charge in [-0.3, -0.25) is 18.6 Å². The van der Waals surface area contributed by atoms with Crippen molar-refractivity contribution in [3.63, 3.8) is 0 Å². The van der Waals surface area contributed by atoms with Gasteiger partial charge in [-0.1, -0.05) is 135 Å². The summed E-state index contributed by atoms with van der Waals surface area (Å²) in [5.41, 5.74) is 5.32. The highest BCUT2D eigenvalue weighted by molar-refractivity contribution is 7.47. The number of hydrogen-bond donors (Lipinski definition) is 2. The number of esters is 3. The molecular formula is C36H68NO10P. The average Bonchev–Trinajstić information content (AvgIpc) is 3.07. The van der Waals surface area contributed by atoms with Crippen LogP contribution in [0.5, 0.6) is 0 Å². The Morgan fingerprint density at radius 2 is 1.10 bits per heavy atom. The summed E-state index contributed by atoms with van der Waals surface area (Å²) in [6.45, 7) is 5.19. The molecule has 0 aromatic heterocycles. The second-order valence-electron chi connectivity index (χ2n) is 12.5. The second-order valence-corrected chi connectivity index (χ2v) is 13.9. The van der Waals surface area contributed by atoms with Gasteiger partial charge < -0.3 is 24.8 Å². The average molecular weight is 706 g/mol. The van der Waals surface area contributed by atoms with Crippen LogP contribution < -0.4 is 5.73 Å². The summed E-state index contributed by atoms with van der Waals surface area (Å²) in [7, 11) is -4.39. The van der Waals surface area contributed by atoms with E-state index in [1.54, 1.807) is 0 Å². The summed E-state index contributed by atoms with van der Waals surface area (Å²) >= 11 is 0. The number of hydrogen-bond acceptors (Lipinski definition) is 10. The van der Waals surface area contributed by atoms with E-state index in [0.717, 1.165) is 70.6 Å². The molecule has 0 spiro atoms. The lowest BCUT2D eigenvalue weighted by Crippen LogP contribution is -2.29. The van der Waals surface area contributed by atoms with Crippen LogP contribution in [0.2, 0.25) is 0 Å².